The summed E-state index contributed by atoms with van der Waals surface area (Å²) in [6.45, 7) is 4.23. The first-order chi connectivity index (χ1) is 6.69. The van der Waals surface area contributed by atoms with Crippen molar-refractivity contribution in [3.8, 4) is 0 Å². The predicted octanol–water partition coefficient (Wildman–Crippen LogP) is 0.546. The second-order valence-corrected chi connectivity index (χ2v) is 3.36. The van der Waals surface area contributed by atoms with Gasteiger partial charge >= 0.3 is 0 Å². The molecule has 0 spiro atoms. The maximum absolute atomic E-state index is 11.6. The van der Waals surface area contributed by atoms with Crippen molar-refractivity contribution in [3.05, 3.63) is 0 Å². The smallest absolute Gasteiger partial charge is 0.223 e. The van der Waals surface area contributed by atoms with Gasteiger partial charge in [0.1, 0.15) is 0 Å². The molecule has 0 bridgehead atoms. The van der Waals surface area contributed by atoms with E-state index in [4.69, 9.17) is 9.84 Å². The molecule has 14 heavy (non-hydrogen) atoms. The normalized spacial score (nSPS) is 12.9. The van der Waals surface area contributed by atoms with Crippen molar-refractivity contribution < 1.29 is 14.6 Å². The lowest BCUT2D eigenvalue weighted by Crippen LogP contribution is -2.43. The van der Waals surface area contributed by atoms with Gasteiger partial charge in [0.2, 0.25) is 5.91 Å². The van der Waals surface area contributed by atoms with Crippen molar-refractivity contribution in [1.82, 2.24) is 5.32 Å². The Morgan fingerprint density at radius 1 is 1.43 bits per heavy atom. The van der Waals surface area contributed by atoms with Gasteiger partial charge < -0.3 is 15.2 Å². The summed E-state index contributed by atoms with van der Waals surface area (Å²) in [5.74, 6) is 0.0482. The minimum Gasteiger partial charge on any atom is -0.394 e. The van der Waals surface area contributed by atoms with Crippen LogP contribution in [0.5, 0.6) is 0 Å². The Labute approximate surface area is 85.6 Å². The van der Waals surface area contributed by atoms with Crippen molar-refractivity contribution in [2.75, 3.05) is 20.3 Å². The number of hydrogen-bond acceptors (Lipinski definition) is 3. The average Bonchev–Trinajstić information content (AvgIpc) is 2.19. The molecular formula is C10H21NO3. The lowest BCUT2D eigenvalue weighted by molar-refractivity contribution is -0.126. The summed E-state index contributed by atoms with van der Waals surface area (Å²) in [5, 5.41) is 11.7. The maximum atomic E-state index is 11.6. The van der Waals surface area contributed by atoms with Crippen LogP contribution < -0.4 is 5.32 Å². The fourth-order valence-electron chi connectivity index (χ4n) is 1.32. The minimum atomic E-state index is -0.284. The third-order valence-corrected chi connectivity index (χ3v) is 2.29. The number of carbonyl (C=O) groups is 1. The Morgan fingerprint density at radius 2 is 2.00 bits per heavy atom. The van der Waals surface area contributed by atoms with Gasteiger partial charge in [-0.05, 0) is 12.8 Å². The van der Waals surface area contributed by atoms with Crippen LogP contribution in [0.1, 0.15) is 26.7 Å². The zero-order chi connectivity index (χ0) is 11.0. The second kappa shape index (κ2) is 7.76. The first-order valence-electron chi connectivity index (χ1n) is 5.09. The van der Waals surface area contributed by atoms with Gasteiger partial charge in [-0.3, -0.25) is 4.79 Å². The summed E-state index contributed by atoms with van der Waals surface area (Å²) >= 11 is 0. The van der Waals surface area contributed by atoms with Gasteiger partial charge in [-0.25, -0.2) is 0 Å². The van der Waals surface area contributed by atoms with Gasteiger partial charge in [-0.1, -0.05) is 13.8 Å². The molecule has 0 heterocycles. The van der Waals surface area contributed by atoms with E-state index in [-0.39, 0.29) is 24.5 Å². The Morgan fingerprint density at radius 3 is 2.36 bits per heavy atom. The summed E-state index contributed by atoms with van der Waals surface area (Å²) in [7, 11) is 1.55. The number of hydrogen-bond donors (Lipinski definition) is 2. The van der Waals surface area contributed by atoms with E-state index in [1.807, 2.05) is 13.8 Å². The second-order valence-electron chi connectivity index (χ2n) is 3.36. The van der Waals surface area contributed by atoms with Crippen LogP contribution in [0.3, 0.4) is 0 Å². The molecule has 0 saturated heterocycles. The molecule has 0 aromatic rings. The van der Waals surface area contributed by atoms with Crippen LogP contribution in [0.25, 0.3) is 0 Å². The Bertz CT molecular complexity index is 157. The molecule has 0 rings (SSSR count). The van der Waals surface area contributed by atoms with Crippen molar-refractivity contribution in [1.29, 1.82) is 0 Å². The quantitative estimate of drug-likeness (QED) is 0.635. The van der Waals surface area contributed by atoms with Gasteiger partial charge in [0.15, 0.2) is 0 Å². The molecule has 4 heteroatoms. The third-order valence-electron chi connectivity index (χ3n) is 2.29. The number of methoxy groups -OCH3 is 1. The molecule has 0 aliphatic heterocycles. The summed E-state index contributed by atoms with van der Waals surface area (Å²) in [6.07, 6.45) is 1.65. The van der Waals surface area contributed by atoms with Crippen LogP contribution in [-0.2, 0) is 9.53 Å². The number of rotatable bonds is 7. The summed E-state index contributed by atoms with van der Waals surface area (Å²) < 4.78 is 4.87. The molecule has 0 fully saturated rings. The predicted molar refractivity (Wildman–Crippen MR) is 55.0 cm³/mol. The molecule has 0 aliphatic carbocycles. The van der Waals surface area contributed by atoms with E-state index >= 15 is 0 Å². The minimum absolute atomic E-state index is 0.00565. The van der Waals surface area contributed by atoms with Crippen LogP contribution in [0.15, 0.2) is 0 Å². The lowest BCUT2D eigenvalue weighted by Gasteiger charge is -2.19. The number of aliphatic hydroxyl groups is 1. The fraction of sp³-hybridized carbons (Fsp3) is 0.900. The zero-order valence-electron chi connectivity index (χ0n) is 9.25. The van der Waals surface area contributed by atoms with E-state index in [1.54, 1.807) is 7.11 Å². The van der Waals surface area contributed by atoms with E-state index in [9.17, 15) is 4.79 Å². The van der Waals surface area contributed by atoms with Crippen molar-refractivity contribution >= 4 is 5.91 Å². The SMILES string of the molecule is CCC(CC)C(=O)NC(CO)COC. The molecule has 0 radical (unpaired) electrons. The highest BCUT2D eigenvalue weighted by molar-refractivity contribution is 5.78. The molecule has 1 unspecified atom stereocenters. The van der Waals surface area contributed by atoms with Crippen molar-refractivity contribution in [3.63, 3.8) is 0 Å². The highest BCUT2D eigenvalue weighted by Gasteiger charge is 2.17. The molecule has 0 saturated carbocycles. The largest absolute Gasteiger partial charge is 0.394 e. The molecule has 0 aliphatic rings. The first-order valence-corrected chi connectivity index (χ1v) is 5.09. The van der Waals surface area contributed by atoms with Crippen LogP contribution in [-0.4, -0.2) is 37.4 Å². The Hall–Kier alpha value is -0.610. The van der Waals surface area contributed by atoms with E-state index < -0.39 is 0 Å². The average molecular weight is 203 g/mol. The zero-order valence-corrected chi connectivity index (χ0v) is 9.25. The highest BCUT2D eigenvalue weighted by atomic mass is 16.5. The number of nitrogens with one attached hydrogen (secondary N) is 1. The van der Waals surface area contributed by atoms with Crippen LogP contribution in [0.4, 0.5) is 0 Å². The molecule has 1 amide bonds. The Balaban J connectivity index is 3.99. The highest BCUT2D eigenvalue weighted by Crippen LogP contribution is 2.07. The molecule has 4 nitrogen and oxygen atoms in total. The fourth-order valence-corrected chi connectivity index (χ4v) is 1.32. The van der Waals surface area contributed by atoms with Crippen molar-refractivity contribution in [2.45, 2.75) is 32.7 Å². The van der Waals surface area contributed by atoms with E-state index in [2.05, 4.69) is 5.32 Å². The molecular weight excluding hydrogens is 182 g/mol. The lowest BCUT2D eigenvalue weighted by atomic mass is 10.0. The maximum Gasteiger partial charge on any atom is 0.223 e. The van der Waals surface area contributed by atoms with Gasteiger partial charge in [-0.2, -0.15) is 0 Å². The van der Waals surface area contributed by atoms with Gasteiger partial charge in [0, 0.05) is 13.0 Å². The van der Waals surface area contributed by atoms with Crippen LogP contribution in [0.2, 0.25) is 0 Å². The molecule has 1 atom stereocenters. The molecule has 0 aromatic carbocycles. The standard InChI is InChI=1S/C10H21NO3/c1-4-8(5-2)10(13)11-9(6-12)7-14-3/h8-9,12H,4-7H2,1-3H3,(H,11,13). The van der Waals surface area contributed by atoms with Gasteiger partial charge in [0.25, 0.3) is 0 Å². The molecule has 2 N–H and O–H groups in total. The first kappa shape index (κ1) is 13.4. The van der Waals surface area contributed by atoms with E-state index in [0.29, 0.717) is 6.61 Å². The van der Waals surface area contributed by atoms with Gasteiger partial charge in [-0.15, -0.1) is 0 Å². The van der Waals surface area contributed by atoms with Crippen LogP contribution in [0, 0.1) is 5.92 Å². The van der Waals surface area contributed by atoms with Crippen LogP contribution >= 0.6 is 0 Å². The van der Waals surface area contributed by atoms with Crippen molar-refractivity contribution in [2.24, 2.45) is 5.92 Å². The Kier molecular flexibility index (Phi) is 7.42. The van der Waals surface area contributed by atoms with Gasteiger partial charge in [0.05, 0.1) is 19.3 Å². The molecule has 84 valence electrons. The monoisotopic (exact) mass is 203 g/mol. The summed E-state index contributed by atoms with van der Waals surface area (Å²) in [5.41, 5.74) is 0. The topological polar surface area (TPSA) is 58.6 Å². The number of carbonyl (C=O) groups excluding carboxylic acids is 1. The summed E-state index contributed by atoms with van der Waals surface area (Å²) in [6, 6.07) is -0.284. The third kappa shape index (κ3) is 4.58. The van der Waals surface area contributed by atoms with E-state index in [0.717, 1.165) is 12.8 Å². The number of amides is 1. The summed E-state index contributed by atoms with van der Waals surface area (Å²) in [4.78, 5) is 11.6. The number of aliphatic hydroxyl groups excluding tert-OH is 1. The van der Waals surface area contributed by atoms with E-state index in [1.165, 1.54) is 0 Å². The number of ether oxygens (including phenoxy) is 1. The molecule has 0 aromatic heterocycles.